The van der Waals surface area contributed by atoms with Crippen molar-refractivity contribution in [1.29, 1.82) is 0 Å². The summed E-state index contributed by atoms with van der Waals surface area (Å²) in [5.41, 5.74) is 2.05. The van der Waals surface area contributed by atoms with Crippen LogP contribution in [0.2, 0.25) is 0 Å². The molecule has 0 saturated carbocycles. The predicted octanol–water partition coefficient (Wildman–Crippen LogP) is 2.82. The summed E-state index contributed by atoms with van der Waals surface area (Å²) in [7, 11) is 1.60. The second-order valence-electron chi connectivity index (χ2n) is 7.49. The summed E-state index contributed by atoms with van der Waals surface area (Å²) in [5, 5.41) is 6.48. The van der Waals surface area contributed by atoms with E-state index in [1.54, 1.807) is 19.2 Å². The fourth-order valence-electron chi connectivity index (χ4n) is 3.60. The maximum Gasteiger partial charge on any atom is 0.254 e. The highest BCUT2D eigenvalue weighted by Gasteiger charge is 2.31. The normalized spacial score (nSPS) is 16.3. The maximum absolute atomic E-state index is 12.8. The van der Waals surface area contributed by atoms with Crippen LogP contribution in [0.15, 0.2) is 22.7 Å². The highest BCUT2D eigenvalue weighted by molar-refractivity contribution is 5.94. The lowest BCUT2D eigenvalue weighted by Gasteiger charge is -2.24. The number of nitrogens with one attached hydrogen (secondary N) is 1. The molecule has 1 atom stereocenters. The first kappa shape index (κ1) is 20.8. The van der Waals surface area contributed by atoms with Crippen molar-refractivity contribution in [3.05, 3.63) is 40.9 Å². The van der Waals surface area contributed by atoms with Gasteiger partial charge in [-0.3, -0.25) is 14.6 Å². The molecule has 0 radical (unpaired) electrons. The SMILES string of the molecule is CNC(=O)c1ccc([C@@H]2CCCN2C(=O)CCc2cc(OC(C)C)no2)nc1C. The van der Waals surface area contributed by atoms with Gasteiger partial charge in [0.2, 0.25) is 5.91 Å². The zero-order valence-corrected chi connectivity index (χ0v) is 17.4. The first-order valence-electron chi connectivity index (χ1n) is 10.0. The molecule has 8 heteroatoms. The molecule has 8 nitrogen and oxygen atoms in total. The van der Waals surface area contributed by atoms with Crippen molar-refractivity contribution in [2.45, 2.75) is 58.6 Å². The molecule has 1 N–H and O–H groups in total. The quantitative estimate of drug-likeness (QED) is 0.767. The van der Waals surface area contributed by atoms with E-state index in [2.05, 4.69) is 15.5 Å². The van der Waals surface area contributed by atoms with Gasteiger partial charge in [0.05, 0.1) is 29.1 Å². The van der Waals surface area contributed by atoms with Crippen LogP contribution in [0.1, 0.15) is 66.7 Å². The van der Waals surface area contributed by atoms with Gasteiger partial charge in [0, 0.05) is 32.5 Å². The minimum absolute atomic E-state index is 0.0192. The third kappa shape index (κ3) is 4.93. The van der Waals surface area contributed by atoms with Crippen LogP contribution in [0.5, 0.6) is 5.88 Å². The number of pyridine rings is 1. The van der Waals surface area contributed by atoms with Crippen LogP contribution in [0.4, 0.5) is 0 Å². The van der Waals surface area contributed by atoms with E-state index in [1.807, 2.05) is 31.7 Å². The molecule has 1 fully saturated rings. The molecule has 156 valence electrons. The summed E-state index contributed by atoms with van der Waals surface area (Å²) in [6.07, 6.45) is 2.63. The molecule has 0 unspecified atom stereocenters. The Bertz CT molecular complexity index is 877. The zero-order valence-electron chi connectivity index (χ0n) is 17.4. The van der Waals surface area contributed by atoms with E-state index in [4.69, 9.17) is 9.26 Å². The molecule has 2 amide bonds. The van der Waals surface area contributed by atoms with E-state index in [0.29, 0.717) is 42.3 Å². The van der Waals surface area contributed by atoms with E-state index in [-0.39, 0.29) is 24.0 Å². The smallest absolute Gasteiger partial charge is 0.254 e. The van der Waals surface area contributed by atoms with Crippen molar-refractivity contribution in [2.24, 2.45) is 0 Å². The van der Waals surface area contributed by atoms with Crippen molar-refractivity contribution >= 4 is 11.8 Å². The van der Waals surface area contributed by atoms with Gasteiger partial charge in [-0.1, -0.05) is 0 Å². The third-order valence-electron chi connectivity index (χ3n) is 4.97. The number of aryl methyl sites for hydroxylation is 2. The van der Waals surface area contributed by atoms with Gasteiger partial charge in [-0.05, 0) is 50.9 Å². The number of likely N-dealkylation sites (tertiary alicyclic amines) is 1. The van der Waals surface area contributed by atoms with Crippen molar-refractivity contribution in [2.75, 3.05) is 13.6 Å². The van der Waals surface area contributed by atoms with E-state index in [1.165, 1.54) is 0 Å². The molecule has 2 aromatic heterocycles. The Morgan fingerprint density at radius 1 is 1.38 bits per heavy atom. The average molecular weight is 400 g/mol. The average Bonchev–Trinajstić information content (AvgIpc) is 3.34. The van der Waals surface area contributed by atoms with Gasteiger partial charge in [-0.15, -0.1) is 0 Å². The summed E-state index contributed by atoms with van der Waals surface area (Å²) in [6, 6.07) is 5.30. The lowest BCUT2D eigenvalue weighted by molar-refractivity contribution is -0.132. The number of carbonyl (C=O) groups excluding carboxylic acids is 2. The molecule has 1 saturated heterocycles. The topological polar surface area (TPSA) is 97.6 Å². The van der Waals surface area contributed by atoms with Gasteiger partial charge in [0.1, 0.15) is 5.76 Å². The lowest BCUT2D eigenvalue weighted by atomic mass is 10.1. The van der Waals surface area contributed by atoms with E-state index in [9.17, 15) is 9.59 Å². The number of carbonyl (C=O) groups is 2. The summed E-state index contributed by atoms with van der Waals surface area (Å²) < 4.78 is 10.7. The van der Waals surface area contributed by atoms with Crippen LogP contribution in [0.3, 0.4) is 0 Å². The van der Waals surface area contributed by atoms with Crippen LogP contribution in [0.25, 0.3) is 0 Å². The van der Waals surface area contributed by atoms with Crippen LogP contribution >= 0.6 is 0 Å². The van der Waals surface area contributed by atoms with Gasteiger partial charge in [-0.25, -0.2) is 0 Å². The molecule has 1 aliphatic rings. The Morgan fingerprint density at radius 3 is 2.86 bits per heavy atom. The lowest BCUT2D eigenvalue weighted by Crippen LogP contribution is -2.31. The summed E-state index contributed by atoms with van der Waals surface area (Å²) in [5.74, 6) is 0.977. The first-order valence-corrected chi connectivity index (χ1v) is 10.0. The van der Waals surface area contributed by atoms with E-state index < -0.39 is 0 Å². The maximum atomic E-state index is 12.8. The number of nitrogens with zero attached hydrogens (tertiary/aromatic N) is 3. The Kier molecular flexibility index (Phi) is 6.51. The highest BCUT2D eigenvalue weighted by Crippen LogP contribution is 2.32. The molecule has 0 bridgehead atoms. The Labute approximate surface area is 170 Å². The van der Waals surface area contributed by atoms with Crippen LogP contribution < -0.4 is 10.1 Å². The Hall–Kier alpha value is -2.90. The molecule has 0 spiro atoms. The number of rotatable bonds is 7. The monoisotopic (exact) mass is 400 g/mol. The number of ether oxygens (including phenoxy) is 1. The molecule has 29 heavy (non-hydrogen) atoms. The van der Waals surface area contributed by atoms with Crippen LogP contribution in [-0.2, 0) is 11.2 Å². The van der Waals surface area contributed by atoms with Gasteiger partial charge in [0.15, 0.2) is 0 Å². The van der Waals surface area contributed by atoms with Gasteiger partial charge >= 0.3 is 0 Å². The second kappa shape index (κ2) is 9.07. The van der Waals surface area contributed by atoms with Gasteiger partial charge in [-0.2, -0.15) is 0 Å². The molecular formula is C21H28N4O4. The molecular weight excluding hydrogens is 372 g/mol. The van der Waals surface area contributed by atoms with E-state index in [0.717, 1.165) is 18.5 Å². The van der Waals surface area contributed by atoms with Crippen molar-refractivity contribution in [3.8, 4) is 5.88 Å². The van der Waals surface area contributed by atoms with Gasteiger partial charge < -0.3 is 19.5 Å². The fourth-order valence-corrected chi connectivity index (χ4v) is 3.60. The second-order valence-corrected chi connectivity index (χ2v) is 7.49. The minimum Gasteiger partial charge on any atom is -0.473 e. The zero-order chi connectivity index (χ0) is 21.0. The Morgan fingerprint density at radius 2 is 2.17 bits per heavy atom. The highest BCUT2D eigenvalue weighted by atomic mass is 16.5. The summed E-state index contributed by atoms with van der Waals surface area (Å²) >= 11 is 0. The molecule has 3 heterocycles. The molecule has 1 aliphatic heterocycles. The van der Waals surface area contributed by atoms with Crippen LogP contribution in [-0.4, -0.2) is 46.6 Å². The molecule has 3 rings (SSSR count). The van der Waals surface area contributed by atoms with Crippen molar-refractivity contribution < 1.29 is 18.8 Å². The van der Waals surface area contributed by atoms with Crippen LogP contribution in [0, 0.1) is 6.92 Å². The molecule has 2 aromatic rings. The molecule has 0 aliphatic carbocycles. The number of amides is 2. The predicted molar refractivity (Wildman–Crippen MR) is 107 cm³/mol. The number of aromatic nitrogens is 2. The fraction of sp³-hybridized carbons (Fsp3) is 0.524. The van der Waals surface area contributed by atoms with Gasteiger partial charge in [0.25, 0.3) is 11.8 Å². The van der Waals surface area contributed by atoms with Crippen molar-refractivity contribution in [3.63, 3.8) is 0 Å². The van der Waals surface area contributed by atoms with E-state index >= 15 is 0 Å². The Balaban J connectivity index is 1.64. The minimum atomic E-state index is -0.159. The number of hydrogen-bond acceptors (Lipinski definition) is 6. The molecule has 0 aromatic carbocycles. The summed E-state index contributed by atoms with van der Waals surface area (Å²) in [4.78, 5) is 31.2. The van der Waals surface area contributed by atoms with Crippen molar-refractivity contribution in [1.82, 2.24) is 20.4 Å². The standard InChI is InChI=1S/C21H28N4O4/c1-13(2)28-19-12-15(29-24-19)7-10-20(26)25-11-5-6-18(25)17-9-8-16(14(3)23-17)21(27)22-4/h8-9,12-13,18H,5-7,10-11H2,1-4H3,(H,22,27)/t18-/m0/s1. The third-order valence-corrected chi connectivity index (χ3v) is 4.97. The summed E-state index contributed by atoms with van der Waals surface area (Å²) in [6.45, 7) is 6.36. The first-order chi connectivity index (χ1) is 13.9. The number of hydrogen-bond donors (Lipinski definition) is 1. The largest absolute Gasteiger partial charge is 0.473 e.